The van der Waals surface area contributed by atoms with E-state index in [2.05, 4.69) is 55.7 Å². The summed E-state index contributed by atoms with van der Waals surface area (Å²) in [4.78, 5) is 4.24. The second kappa shape index (κ2) is 7.55. The minimum absolute atomic E-state index is 0.433. The topological polar surface area (TPSA) is 78.6 Å². The summed E-state index contributed by atoms with van der Waals surface area (Å²) in [7, 11) is 0. The molecular formula is C25H16N6O. The van der Waals surface area contributed by atoms with Crippen LogP contribution in [0.1, 0.15) is 0 Å². The third-order valence-electron chi connectivity index (χ3n) is 5.30. The molecule has 3 aromatic heterocycles. The van der Waals surface area contributed by atoms with E-state index in [1.807, 2.05) is 59.2 Å². The van der Waals surface area contributed by atoms with Crippen LogP contribution in [-0.4, -0.2) is 29.9 Å². The van der Waals surface area contributed by atoms with Gasteiger partial charge in [0.05, 0.1) is 11.0 Å². The van der Waals surface area contributed by atoms with E-state index in [0.717, 1.165) is 38.7 Å². The number of hydrogen-bond donors (Lipinski definition) is 0. The zero-order chi connectivity index (χ0) is 21.3. The summed E-state index contributed by atoms with van der Waals surface area (Å²) in [5.41, 5.74) is 4.06. The van der Waals surface area contributed by atoms with Crippen LogP contribution in [0.4, 0.5) is 0 Å². The van der Waals surface area contributed by atoms with Gasteiger partial charge >= 0.3 is 0 Å². The van der Waals surface area contributed by atoms with E-state index in [9.17, 15) is 0 Å². The van der Waals surface area contributed by atoms with Gasteiger partial charge in [-0.15, -0.1) is 20.4 Å². The molecule has 0 bridgehead atoms. The van der Waals surface area contributed by atoms with Crippen molar-refractivity contribution >= 4 is 21.8 Å². The SMILES string of the molecule is c1ccc(Oc2cccc(-c3ccc4c5ccccc5n(-c5nncnn5)c4c3)c2)nc1. The van der Waals surface area contributed by atoms with E-state index in [1.165, 1.54) is 6.33 Å². The average molecular weight is 416 g/mol. The standard InChI is InChI=1S/C25H16N6O/c1-2-9-22-20(8-1)21-12-11-18(15-23(21)31(22)25-29-27-16-28-30-25)17-6-5-7-19(14-17)32-24-10-3-4-13-26-24/h1-16H. The van der Waals surface area contributed by atoms with Crippen LogP contribution in [0.3, 0.4) is 0 Å². The molecule has 0 fully saturated rings. The minimum atomic E-state index is 0.433. The van der Waals surface area contributed by atoms with E-state index >= 15 is 0 Å². The van der Waals surface area contributed by atoms with Gasteiger partial charge < -0.3 is 4.74 Å². The molecule has 6 aromatic rings. The number of fused-ring (bicyclic) bond motifs is 3. The molecule has 0 atom stereocenters. The summed E-state index contributed by atoms with van der Waals surface area (Å²) in [5, 5.41) is 18.5. The predicted octanol–water partition coefficient (Wildman–Crippen LogP) is 5.22. The van der Waals surface area contributed by atoms with Gasteiger partial charge in [0.15, 0.2) is 6.33 Å². The van der Waals surface area contributed by atoms with Crippen molar-refractivity contribution < 1.29 is 4.74 Å². The molecule has 3 aromatic carbocycles. The Morgan fingerprint density at radius 3 is 2.34 bits per heavy atom. The number of rotatable bonds is 4. The molecule has 0 aliphatic carbocycles. The van der Waals surface area contributed by atoms with E-state index in [4.69, 9.17) is 4.74 Å². The van der Waals surface area contributed by atoms with Crippen molar-refractivity contribution in [3.63, 3.8) is 0 Å². The molecule has 0 amide bonds. The molecule has 0 unspecified atom stereocenters. The van der Waals surface area contributed by atoms with Crippen LogP contribution >= 0.6 is 0 Å². The fourth-order valence-corrected chi connectivity index (χ4v) is 3.92. The highest BCUT2D eigenvalue weighted by atomic mass is 16.5. The highest BCUT2D eigenvalue weighted by molar-refractivity contribution is 6.09. The summed E-state index contributed by atoms with van der Waals surface area (Å²) in [6.45, 7) is 0. The maximum absolute atomic E-state index is 5.92. The third-order valence-corrected chi connectivity index (χ3v) is 5.30. The molecule has 0 spiro atoms. The lowest BCUT2D eigenvalue weighted by molar-refractivity contribution is 0.463. The summed E-state index contributed by atoms with van der Waals surface area (Å²) < 4.78 is 7.90. The van der Waals surface area contributed by atoms with E-state index < -0.39 is 0 Å². The molecular weight excluding hydrogens is 400 g/mol. The Labute approximate surface area is 183 Å². The number of benzene rings is 3. The second-order valence-electron chi connectivity index (χ2n) is 7.23. The van der Waals surface area contributed by atoms with Gasteiger partial charge in [0.1, 0.15) is 5.75 Å². The first-order valence-electron chi connectivity index (χ1n) is 10.1. The van der Waals surface area contributed by atoms with Crippen LogP contribution in [0, 0.1) is 0 Å². The normalized spacial score (nSPS) is 11.1. The molecule has 0 aliphatic heterocycles. The third kappa shape index (κ3) is 3.13. The lowest BCUT2D eigenvalue weighted by Crippen LogP contribution is -2.03. The van der Waals surface area contributed by atoms with E-state index in [-0.39, 0.29) is 0 Å². The van der Waals surface area contributed by atoms with Crippen LogP contribution < -0.4 is 4.74 Å². The van der Waals surface area contributed by atoms with Crippen LogP contribution in [0.15, 0.2) is 97.5 Å². The van der Waals surface area contributed by atoms with Crippen LogP contribution in [-0.2, 0) is 0 Å². The summed E-state index contributed by atoms with van der Waals surface area (Å²) in [5.74, 6) is 1.71. The first-order chi connectivity index (χ1) is 15.9. The van der Waals surface area contributed by atoms with Crippen LogP contribution in [0.25, 0.3) is 38.9 Å². The fourth-order valence-electron chi connectivity index (χ4n) is 3.92. The highest BCUT2D eigenvalue weighted by Gasteiger charge is 2.15. The smallest absolute Gasteiger partial charge is 0.273 e. The first-order valence-corrected chi connectivity index (χ1v) is 10.1. The van der Waals surface area contributed by atoms with Gasteiger partial charge in [0.2, 0.25) is 5.88 Å². The van der Waals surface area contributed by atoms with Crippen molar-refractivity contribution in [3.8, 4) is 28.7 Å². The Morgan fingerprint density at radius 2 is 1.47 bits per heavy atom. The molecule has 0 radical (unpaired) electrons. The van der Waals surface area contributed by atoms with Gasteiger partial charge in [-0.2, -0.15) is 0 Å². The number of para-hydroxylation sites is 1. The molecule has 3 heterocycles. The zero-order valence-electron chi connectivity index (χ0n) is 16.8. The number of aromatic nitrogens is 6. The quantitative estimate of drug-likeness (QED) is 0.392. The Kier molecular flexibility index (Phi) is 4.28. The number of nitrogens with zero attached hydrogens (tertiary/aromatic N) is 6. The molecule has 7 nitrogen and oxygen atoms in total. The maximum atomic E-state index is 5.92. The summed E-state index contributed by atoms with van der Waals surface area (Å²) >= 11 is 0. The van der Waals surface area contributed by atoms with E-state index in [0.29, 0.717) is 11.8 Å². The maximum Gasteiger partial charge on any atom is 0.273 e. The Morgan fingerprint density at radius 1 is 0.656 bits per heavy atom. The van der Waals surface area contributed by atoms with E-state index in [1.54, 1.807) is 6.20 Å². The second-order valence-corrected chi connectivity index (χ2v) is 7.23. The predicted molar refractivity (Wildman–Crippen MR) is 122 cm³/mol. The van der Waals surface area contributed by atoms with Gasteiger partial charge in [-0.25, -0.2) is 4.98 Å². The van der Waals surface area contributed by atoms with Gasteiger partial charge in [0, 0.05) is 23.0 Å². The summed E-state index contributed by atoms with van der Waals surface area (Å²) in [6, 6.07) is 28.1. The minimum Gasteiger partial charge on any atom is -0.439 e. The Hall–Kier alpha value is -4.65. The average Bonchev–Trinajstić information content (AvgIpc) is 3.19. The molecule has 152 valence electrons. The van der Waals surface area contributed by atoms with Crippen LogP contribution in [0.2, 0.25) is 0 Å². The summed E-state index contributed by atoms with van der Waals surface area (Å²) in [6.07, 6.45) is 3.04. The molecule has 0 saturated carbocycles. The zero-order valence-corrected chi connectivity index (χ0v) is 16.8. The molecule has 0 aliphatic rings. The Balaban J connectivity index is 1.50. The van der Waals surface area contributed by atoms with Crippen LogP contribution in [0.5, 0.6) is 11.6 Å². The molecule has 6 rings (SSSR count). The molecule has 0 N–H and O–H groups in total. The van der Waals surface area contributed by atoms with Crippen molar-refractivity contribution in [2.24, 2.45) is 0 Å². The molecule has 32 heavy (non-hydrogen) atoms. The van der Waals surface area contributed by atoms with Gasteiger partial charge in [-0.05, 0) is 41.5 Å². The van der Waals surface area contributed by atoms with Crippen molar-refractivity contribution in [3.05, 3.63) is 97.5 Å². The number of ether oxygens (including phenoxy) is 1. The first kappa shape index (κ1) is 18.1. The monoisotopic (exact) mass is 416 g/mol. The highest BCUT2D eigenvalue weighted by Crippen LogP contribution is 2.34. The number of pyridine rings is 1. The van der Waals surface area contributed by atoms with Crippen molar-refractivity contribution in [2.45, 2.75) is 0 Å². The molecule has 7 heteroatoms. The van der Waals surface area contributed by atoms with Gasteiger partial charge in [0.25, 0.3) is 5.95 Å². The van der Waals surface area contributed by atoms with Crippen molar-refractivity contribution in [1.29, 1.82) is 0 Å². The van der Waals surface area contributed by atoms with Crippen molar-refractivity contribution in [2.75, 3.05) is 0 Å². The van der Waals surface area contributed by atoms with Gasteiger partial charge in [-0.1, -0.05) is 48.5 Å². The fraction of sp³-hybridized carbons (Fsp3) is 0. The molecule has 0 saturated heterocycles. The largest absolute Gasteiger partial charge is 0.439 e. The lowest BCUT2D eigenvalue weighted by Gasteiger charge is -2.08. The lowest BCUT2D eigenvalue weighted by atomic mass is 10.0. The van der Waals surface area contributed by atoms with Gasteiger partial charge in [-0.3, -0.25) is 4.57 Å². The Bertz CT molecular complexity index is 1550. The number of hydrogen-bond acceptors (Lipinski definition) is 6. The van der Waals surface area contributed by atoms with Crippen molar-refractivity contribution in [1.82, 2.24) is 29.9 Å².